The Hall–Kier alpha value is -2.12. The van der Waals surface area contributed by atoms with E-state index in [9.17, 15) is 4.79 Å². The average molecular weight is 272 g/mol. The number of benzene rings is 1. The van der Waals surface area contributed by atoms with Gasteiger partial charge in [-0.15, -0.1) is 0 Å². The van der Waals surface area contributed by atoms with Crippen LogP contribution in [0.5, 0.6) is 0 Å². The van der Waals surface area contributed by atoms with Gasteiger partial charge >= 0.3 is 0 Å². The molecule has 0 aliphatic heterocycles. The summed E-state index contributed by atoms with van der Waals surface area (Å²) in [6.45, 7) is 5.66. The van der Waals surface area contributed by atoms with Crippen molar-refractivity contribution in [2.45, 2.75) is 20.3 Å². The first-order chi connectivity index (χ1) is 9.69. The minimum Gasteiger partial charge on any atom is -0.382 e. The van der Waals surface area contributed by atoms with Gasteiger partial charge in [0.15, 0.2) is 0 Å². The Morgan fingerprint density at radius 1 is 1.45 bits per heavy atom. The maximum Gasteiger partial charge on any atom is 0.261 e. The van der Waals surface area contributed by atoms with Crippen molar-refractivity contribution in [3.8, 4) is 6.07 Å². The molecule has 0 heterocycles. The summed E-state index contributed by atoms with van der Waals surface area (Å²) < 4.78 is 5.18. The Kier molecular flexibility index (Phi) is 7.08. The van der Waals surface area contributed by atoms with Crippen molar-refractivity contribution in [3.05, 3.63) is 41.0 Å². The summed E-state index contributed by atoms with van der Waals surface area (Å²) >= 11 is 0. The van der Waals surface area contributed by atoms with Gasteiger partial charge in [0.2, 0.25) is 0 Å². The molecular formula is C16H20N2O2. The molecule has 0 unspecified atom stereocenters. The summed E-state index contributed by atoms with van der Waals surface area (Å²) in [6, 6.07) is 9.58. The van der Waals surface area contributed by atoms with Gasteiger partial charge in [-0.3, -0.25) is 4.79 Å². The lowest BCUT2D eigenvalue weighted by Crippen LogP contribution is -2.26. The van der Waals surface area contributed by atoms with Gasteiger partial charge in [-0.2, -0.15) is 5.26 Å². The van der Waals surface area contributed by atoms with Crippen molar-refractivity contribution in [1.29, 1.82) is 5.26 Å². The van der Waals surface area contributed by atoms with Crippen LogP contribution in [0.2, 0.25) is 0 Å². The highest BCUT2D eigenvalue weighted by molar-refractivity contribution is 6.01. The van der Waals surface area contributed by atoms with Crippen LogP contribution in [-0.4, -0.2) is 25.7 Å². The standard InChI is InChI=1S/C16H20N2O2/c1-3-20-10-6-9-18-16(19)15(12-17)11-14-8-5-4-7-13(14)2/h4-5,7-8,11H,3,6,9-10H2,1-2H3,(H,18,19)/b15-11+. The van der Waals surface area contributed by atoms with E-state index >= 15 is 0 Å². The average Bonchev–Trinajstić information content (AvgIpc) is 2.46. The molecular weight excluding hydrogens is 252 g/mol. The van der Waals surface area contributed by atoms with E-state index in [-0.39, 0.29) is 11.5 Å². The van der Waals surface area contributed by atoms with E-state index in [2.05, 4.69) is 5.32 Å². The number of aryl methyl sites for hydroxylation is 1. The first-order valence-corrected chi connectivity index (χ1v) is 6.72. The Morgan fingerprint density at radius 3 is 2.85 bits per heavy atom. The van der Waals surface area contributed by atoms with Crippen LogP contribution in [0.1, 0.15) is 24.5 Å². The SMILES string of the molecule is CCOCCCNC(=O)/C(C#N)=C/c1ccccc1C. The second-order valence-corrected chi connectivity index (χ2v) is 4.33. The van der Waals surface area contributed by atoms with Crippen LogP contribution in [0.3, 0.4) is 0 Å². The molecule has 1 rings (SSSR count). The Labute approximate surface area is 120 Å². The number of nitriles is 1. The van der Waals surface area contributed by atoms with Gasteiger partial charge in [0.1, 0.15) is 11.6 Å². The number of carbonyl (C=O) groups is 1. The zero-order valence-corrected chi connectivity index (χ0v) is 12.0. The molecule has 0 spiro atoms. The van der Waals surface area contributed by atoms with Gasteiger partial charge in [0, 0.05) is 19.8 Å². The first-order valence-electron chi connectivity index (χ1n) is 6.72. The van der Waals surface area contributed by atoms with Crippen molar-refractivity contribution in [3.63, 3.8) is 0 Å². The largest absolute Gasteiger partial charge is 0.382 e. The summed E-state index contributed by atoms with van der Waals surface area (Å²) in [7, 11) is 0. The van der Waals surface area contributed by atoms with E-state index in [0.29, 0.717) is 19.8 Å². The van der Waals surface area contributed by atoms with Crippen LogP contribution in [0.15, 0.2) is 29.8 Å². The smallest absolute Gasteiger partial charge is 0.261 e. The van der Waals surface area contributed by atoms with E-state index in [1.807, 2.05) is 44.2 Å². The van der Waals surface area contributed by atoms with Crippen molar-refractivity contribution in [1.82, 2.24) is 5.32 Å². The van der Waals surface area contributed by atoms with Gasteiger partial charge in [-0.25, -0.2) is 0 Å². The first kappa shape index (κ1) is 15.9. The molecule has 1 aromatic carbocycles. The van der Waals surface area contributed by atoms with E-state index in [4.69, 9.17) is 10.00 Å². The minimum atomic E-state index is -0.341. The fourth-order valence-corrected chi connectivity index (χ4v) is 1.67. The maximum atomic E-state index is 11.9. The normalized spacial score (nSPS) is 10.9. The lowest BCUT2D eigenvalue weighted by molar-refractivity contribution is -0.117. The minimum absolute atomic E-state index is 0.121. The van der Waals surface area contributed by atoms with Crippen LogP contribution < -0.4 is 5.32 Å². The summed E-state index contributed by atoms with van der Waals surface area (Å²) in [5, 5.41) is 11.8. The molecule has 0 radical (unpaired) electrons. The van der Waals surface area contributed by atoms with Crippen molar-refractivity contribution in [2.75, 3.05) is 19.8 Å². The Morgan fingerprint density at radius 2 is 2.20 bits per heavy atom. The monoisotopic (exact) mass is 272 g/mol. The molecule has 0 aromatic heterocycles. The lowest BCUT2D eigenvalue weighted by Gasteiger charge is -2.05. The highest BCUT2D eigenvalue weighted by Gasteiger charge is 2.08. The summed E-state index contributed by atoms with van der Waals surface area (Å²) in [5.41, 5.74) is 2.04. The van der Waals surface area contributed by atoms with E-state index in [1.54, 1.807) is 6.08 Å². The third-order valence-corrected chi connectivity index (χ3v) is 2.81. The van der Waals surface area contributed by atoms with E-state index in [1.165, 1.54) is 0 Å². The molecule has 0 saturated heterocycles. The third-order valence-electron chi connectivity index (χ3n) is 2.81. The fraction of sp³-hybridized carbons (Fsp3) is 0.375. The van der Waals surface area contributed by atoms with Crippen LogP contribution in [0, 0.1) is 18.3 Å². The van der Waals surface area contributed by atoms with E-state index in [0.717, 1.165) is 17.5 Å². The molecule has 20 heavy (non-hydrogen) atoms. The molecule has 4 nitrogen and oxygen atoms in total. The number of hydrogen-bond donors (Lipinski definition) is 1. The number of nitrogens with zero attached hydrogens (tertiary/aromatic N) is 1. The quantitative estimate of drug-likeness (QED) is 0.471. The topological polar surface area (TPSA) is 62.1 Å². The zero-order chi connectivity index (χ0) is 14.8. The molecule has 0 aliphatic rings. The molecule has 0 bridgehead atoms. The Balaban J connectivity index is 2.60. The number of carbonyl (C=O) groups excluding carboxylic acids is 1. The van der Waals surface area contributed by atoms with Crippen LogP contribution in [0.25, 0.3) is 6.08 Å². The molecule has 1 aromatic rings. The van der Waals surface area contributed by atoms with Gasteiger partial charge in [0.05, 0.1) is 0 Å². The van der Waals surface area contributed by atoms with Crippen LogP contribution >= 0.6 is 0 Å². The van der Waals surface area contributed by atoms with E-state index < -0.39 is 0 Å². The van der Waals surface area contributed by atoms with Gasteiger partial charge < -0.3 is 10.1 Å². The van der Waals surface area contributed by atoms with Gasteiger partial charge in [0.25, 0.3) is 5.91 Å². The summed E-state index contributed by atoms with van der Waals surface area (Å²) in [5.74, 6) is -0.341. The molecule has 4 heteroatoms. The number of nitrogens with one attached hydrogen (secondary N) is 1. The molecule has 0 fully saturated rings. The summed E-state index contributed by atoms with van der Waals surface area (Å²) in [4.78, 5) is 11.9. The zero-order valence-electron chi connectivity index (χ0n) is 12.0. The third kappa shape index (κ3) is 5.25. The molecule has 0 atom stereocenters. The molecule has 0 saturated carbocycles. The van der Waals surface area contributed by atoms with Crippen LogP contribution in [-0.2, 0) is 9.53 Å². The molecule has 1 N–H and O–H groups in total. The highest BCUT2D eigenvalue weighted by atomic mass is 16.5. The molecule has 1 amide bonds. The number of amides is 1. The number of hydrogen-bond acceptors (Lipinski definition) is 3. The second kappa shape index (κ2) is 8.89. The number of rotatable bonds is 7. The van der Waals surface area contributed by atoms with Gasteiger partial charge in [-0.05, 0) is 37.5 Å². The van der Waals surface area contributed by atoms with Crippen molar-refractivity contribution >= 4 is 12.0 Å². The van der Waals surface area contributed by atoms with Crippen LogP contribution in [0.4, 0.5) is 0 Å². The predicted octanol–water partition coefficient (Wildman–Crippen LogP) is 2.44. The highest BCUT2D eigenvalue weighted by Crippen LogP contribution is 2.11. The fourth-order valence-electron chi connectivity index (χ4n) is 1.67. The summed E-state index contributed by atoms with van der Waals surface area (Å²) in [6.07, 6.45) is 2.36. The van der Waals surface area contributed by atoms with Gasteiger partial charge in [-0.1, -0.05) is 24.3 Å². The predicted molar refractivity (Wildman–Crippen MR) is 78.9 cm³/mol. The van der Waals surface area contributed by atoms with Crippen molar-refractivity contribution in [2.24, 2.45) is 0 Å². The second-order valence-electron chi connectivity index (χ2n) is 4.33. The lowest BCUT2D eigenvalue weighted by atomic mass is 10.1. The van der Waals surface area contributed by atoms with Crippen molar-refractivity contribution < 1.29 is 9.53 Å². The Bertz CT molecular complexity index is 515. The maximum absolute atomic E-state index is 11.9. The molecule has 106 valence electrons. The number of ether oxygens (including phenoxy) is 1. The molecule has 0 aliphatic carbocycles.